The molecule has 1 aliphatic heterocycles. The number of anilines is 1. The van der Waals surface area contributed by atoms with E-state index < -0.39 is 5.41 Å². The van der Waals surface area contributed by atoms with Crippen molar-refractivity contribution in [2.45, 2.75) is 6.92 Å². The van der Waals surface area contributed by atoms with Crippen LogP contribution in [0.3, 0.4) is 0 Å². The molecule has 0 aliphatic carbocycles. The van der Waals surface area contributed by atoms with Gasteiger partial charge in [-0.05, 0) is 31.2 Å². The third-order valence-electron chi connectivity index (χ3n) is 2.78. The zero-order chi connectivity index (χ0) is 11.8. The van der Waals surface area contributed by atoms with E-state index in [-0.39, 0.29) is 12.5 Å². The van der Waals surface area contributed by atoms with E-state index in [1.165, 1.54) is 0 Å². The highest BCUT2D eigenvalue weighted by atomic mass is 35.5. The molecule has 1 fully saturated rings. The Kier molecular flexibility index (Phi) is 2.78. The van der Waals surface area contributed by atoms with Crippen LogP contribution in [0.15, 0.2) is 24.3 Å². The molecule has 1 amide bonds. The van der Waals surface area contributed by atoms with E-state index in [4.69, 9.17) is 11.6 Å². The van der Waals surface area contributed by atoms with Crippen molar-refractivity contribution in [2.24, 2.45) is 5.41 Å². The fourth-order valence-corrected chi connectivity index (χ4v) is 1.74. The lowest BCUT2D eigenvalue weighted by atomic mass is 9.92. The van der Waals surface area contributed by atoms with E-state index in [0.717, 1.165) is 5.69 Å². The minimum Gasteiger partial charge on any atom is -0.395 e. The molecule has 1 saturated heterocycles. The van der Waals surface area contributed by atoms with E-state index in [1.54, 1.807) is 24.1 Å². The Morgan fingerprint density at radius 2 is 2.12 bits per heavy atom. The number of aliphatic hydroxyl groups excluding tert-OH is 1. The number of aliphatic hydroxyl groups is 1. The van der Waals surface area contributed by atoms with Gasteiger partial charge >= 0.3 is 0 Å². The van der Waals surface area contributed by atoms with Crippen LogP contribution >= 0.6 is 11.6 Å². The molecule has 1 aromatic rings. The SMILES string of the molecule is CC1(CO)CN(c2ccc(Cl)cc2)NC1=O. The number of nitrogens with zero attached hydrogens (tertiary/aromatic N) is 1. The molecule has 0 saturated carbocycles. The Bertz CT molecular complexity index is 407. The normalized spacial score (nSPS) is 24.7. The molecule has 0 radical (unpaired) electrons. The van der Waals surface area contributed by atoms with Crippen molar-refractivity contribution < 1.29 is 9.90 Å². The summed E-state index contributed by atoms with van der Waals surface area (Å²) in [5.74, 6) is -0.162. The predicted octanol–water partition coefficient (Wildman–Crippen LogP) is 1.19. The maximum absolute atomic E-state index is 11.6. The van der Waals surface area contributed by atoms with Gasteiger partial charge in [-0.3, -0.25) is 15.2 Å². The van der Waals surface area contributed by atoms with Gasteiger partial charge in [0, 0.05) is 5.02 Å². The van der Waals surface area contributed by atoms with E-state index in [0.29, 0.717) is 11.6 Å². The van der Waals surface area contributed by atoms with Crippen LogP contribution < -0.4 is 10.4 Å². The minimum absolute atomic E-state index is 0.162. The van der Waals surface area contributed by atoms with Crippen molar-refractivity contribution in [1.29, 1.82) is 0 Å². The number of carbonyl (C=O) groups excluding carboxylic acids is 1. The average Bonchev–Trinajstić information content (AvgIpc) is 2.57. The van der Waals surface area contributed by atoms with Gasteiger partial charge in [-0.1, -0.05) is 11.6 Å². The Balaban J connectivity index is 2.20. The van der Waals surface area contributed by atoms with Crippen LogP contribution in [0.5, 0.6) is 0 Å². The van der Waals surface area contributed by atoms with Crippen molar-refractivity contribution in [3.05, 3.63) is 29.3 Å². The second-order valence-corrected chi connectivity index (χ2v) is 4.66. The first kappa shape index (κ1) is 11.2. The summed E-state index contributed by atoms with van der Waals surface area (Å²) in [7, 11) is 0. The smallest absolute Gasteiger partial charge is 0.248 e. The Labute approximate surface area is 98.8 Å². The highest BCUT2D eigenvalue weighted by Crippen LogP contribution is 2.27. The molecule has 86 valence electrons. The predicted molar refractivity (Wildman–Crippen MR) is 62.1 cm³/mol. The molecular formula is C11H13ClN2O2. The second kappa shape index (κ2) is 3.96. The molecule has 1 aliphatic rings. The van der Waals surface area contributed by atoms with Gasteiger partial charge in [-0.25, -0.2) is 0 Å². The maximum atomic E-state index is 11.6. The summed E-state index contributed by atoms with van der Waals surface area (Å²) < 4.78 is 0. The quantitative estimate of drug-likeness (QED) is 0.817. The largest absolute Gasteiger partial charge is 0.395 e. The molecule has 16 heavy (non-hydrogen) atoms. The van der Waals surface area contributed by atoms with Crippen molar-refractivity contribution in [1.82, 2.24) is 5.43 Å². The van der Waals surface area contributed by atoms with E-state index >= 15 is 0 Å². The van der Waals surface area contributed by atoms with Gasteiger partial charge in [0.25, 0.3) is 0 Å². The topological polar surface area (TPSA) is 52.6 Å². The fraction of sp³-hybridized carbons (Fsp3) is 0.364. The van der Waals surface area contributed by atoms with Crippen molar-refractivity contribution >= 4 is 23.2 Å². The van der Waals surface area contributed by atoms with Gasteiger partial charge in [0.05, 0.1) is 24.3 Å². The first-order valence-corrected chi connectivity index (χ1v) is 5.38. The summed E-state index contributed by atoms with van der Waals surface area (Å²) in [5, 5.41) is 11.6. The monoisotopic (exact) mass is 240 g/mol. The van der Waals surface area contributed by atoms with Crippen LogP contribution in [0.2, 0.25) is 5.02 Å². The highest BCUT2D eigenvalue weighted by Gasteiger charge is 2.41. The van der Waals surface area contributed by atoms with Crippen LogP contribution in [0.25, 0.3) is 0 Å². The molecule has 0 aromatic heterocycles. The first-order chi connectivity index (χ1) is 7.55. The van der Waals surface area contributed by atoms with Gasteiger partial charge in [0.2, 0.25) is 5.91 Å². The Hall–Kier alpha value is -1.26. The summed E-state index contributed by atoms with van der Waals surface area (Å²) in [6.07, 6.45) is 0. The minimum atomic E-state index is -0.736. The molecule has 1 unspecified atom stereocenters. The summed E-state index contributed by atoms with van der Waals surface area (Å²) in [4.78, 5) is 11.6. The molecule has 0 spiro atoms. The van der Waals surface area contributed by atoms with Crippen molar-refractivity contribution in [3.8, 4) is 0 Å². The molecule has 2 N–H and O–H groups in total. The van der Waals surface area contributed by atoms with Gasteiger partial charge in [-0.15, -0.1) is 0 Å². The number of amides is 1. The van der Waals surface area contributed by atoms with Gasteiger partial charge in [-0.2, -0.15) is 0 Å². The van der Waals surface area contributed by atoms with Crippen molar-refractivity contribution in [3.63, 3.8) is 0 Å². The van der Waals surface area contributed by atoms with Crippen LogP contribution in [0.1, 0.15) is 6.92 Å². The van der Waals surface area contributed by atoms with Crippen LogP contribution in [0.4, 0.5) is 5.69 Å². The lowest BCUT2D eigenvalue weighted by Gasteiger charge is -2.19. The molecule has 2 rings (SSSR count). The number of hydrogen-bond donors (Lipinski definition) is 2. The molecular weight excluding hydrogens is 228 g/mol. The summed E-state index contributed by atoms with van der Waals surface area (Å²) in [6, 6.07) is 7.17. The van der Waals surface area contributed by atoms with Crippen LogP contribution in [-0.4, -0.2) is 24.2 Å². The number of benzene rings is 1. The molecule has 4 nitrogen and oxygen atoms in total. The highest BCUT2D eigenvalue weighted by molar-refractivity contribution is 6.30. The van der Waals surface area contributed by atoms with Crippen LogP contribution in [0, 0.1) is 5.41 Å². The molecule has 1 aromatic carbocycles. The number of hydrazine groups is 1. The standard InChI is InChI=1S/C11H13ClN2O2/c1-11(7-15)6-14(13-10(11)16)9-4-2-8(12)3-5-9/h2-5,15H,6-7H2,1H3,(H,13,16). The number of nitrogens with one attached hydrogen (secondary N) is 1. The summed E-state index contributed by atoms with van der Waals surface area (Å²) >= 11 is 5.78. The second-order valence-electron chi connectivity index (χ2n) is 4.22. The lowest BCUT2D eigenvalue weighted by molar-refractivity contribution is -0.128. The molecule has 1 atom stereocenters. The van der Waals surface area contributed by atoms with Gasteiger partial charge < -0.3 is 5.11 Å². The number of hydrogen-bond acceptors (Lipinski definition) is 3. The fourth-order valence-electron chi connectivity index (χ4n) is 1.62. The van der Waals surface area contributed by atoms with Gasteiger partial charge in [0.1, 0.15) is 0 Å². The number of carbonyl (C=O) groups is 1. The molecule has 5 heteroatoms. The third-order valence-corrected chi connectivity index (χ3v) is 3.03. The van der Waals surface area contributed by atoms with E-state index in [1.807, 2.05) is 12.1 Å². The lowest BCUT2D eigenvalue weighted by Crippen LogP contribution is -2.34. The van der Waals surface area contributed by atoms with Gasteiger partial charge in [0.15, 0.2) is 0 Å². The summed E-state index contributed by atoms with van der Waals surface area (Å²) in [5.41, 5.74) is 2.84. The Morgan fingerprint density at radius 1 is 1.50 bits per heavy atom. The average molecular weight is 241 g/mol. The summed E-state index contributed by atoms with van der Waals surface area (Å²) in [6.45, 7) is 2.02. The third kappa shape index (κ3) is 1.86. The zero-order valence-electron chi connectivity index (χ0n) is 8.90. The molecule has 0 bridgehead atoms. The maximum Gasteiger partial charge on any atom is 0.248 e. The van der Waals surface area contributed by atoms with Crippen molar-refractivity contribution in [2.75, 3.05) is 18.2 Å². The number of rotatable bonds is 2. The first-order valence-electron chi connectivity index (χ1n) is 5.00. The van der Waals surface area contributed by atoms with E-state index in [9.17, 15) is 9.90 Å². The zero-order valence-corrected chi connectivity index (χ0v) is 9.66. The molecule has 1 heterocycles. The van der Waals surface area contributed by atoms with E-state index in [2.05, 4.69) is 5.43 Å². The van der Waals surface area contributed by atoms with Crippen LogP contribution in [-0.2, 0) is 4.79 Å². The number of halogens is 1. The Morgan fingerprint density at radius 3 is 2.62 bits per heavy atom.